The molecule has 3 rings (SSSR count). The van der Waals surface area contributed by atoms with E-state index in [0.717, 1.165) is 45.6 Å². The maximum Gasteiger partial charge on any atom is 0.409 e. The summed E-state index contributed by atoms with van der Waals surface area (Å²) in [5, 5.41) is 3.13. The number of rotatable bonds is 4. The number of aromatic nitrogens is 1. The Morgan fingerprint density at radius 3 is 2.37 bits per heavy atom. The van der Waals surface area contributed by atoms with Gasteiger partial charge >= 0.3 is 12.1 Å². The van der Waals surface area contributed by atoms with Crippen LogP contribution in [0.4, 0.5) is 9.59 Å². The lowest BCUT2D eigenvalue weighted by molar-refractivity contribution is 0.0939. The lowest BCUT2D eigenvalue weighted by Gasteiger charge is -2.37. The van der Waals surface area contributed by atoms with Crippen LogP contribution in [0, 0.1) is 0 Å². The first-order valence-electron chi connectivity index (χ1n) is 9.74. The van der Waals surface area contributed by atoms with Crippen LogP contribution >= 0.6 is 0 Å². The molecular weight excluding hydrogens is 346 g/mol. The lowest BCUT2D eigenvalue weighted by atomic mass is 10.1. The van der Waals surface area contributed by atoms with Crippen LogP contribution in [-0.2, 0) is 11.3 Å². The van der Waals surface area contributed by atoms with Crippen LogP contribution in [0.5, 0.6) is 0 Å². The fourth-order valence-electron chi connectivity index (χ4n) is 3.54. The highest BCUT2D eigenvalue weighted by Gasteiger charge is 2.27. The molecule has 0 saturated carbocycles. The second kappa shape index (κ2) is 9.55. The largest absolute Gasteiger partial charge is 0.450 e. The van der Waals surface area contributed by atoms with Gasteiger partial charge in [0.15, 0.2) is 0 Å². The summed E-state index contributed by atoms with van der Waals surface area (Å²) in [5.41, 5.74) is 1.25. The van der Waals surface area contributed by atoms with Gasteiger partial charge < -0.3 is 19.9 Å². The van der Waals surface area contributed by atoms with Crippen LogP contribution in [0.3, 0.4) is 0 Å². The number of likely N-dealkylation sites (tertiary alicyclic amines) is 1. The van der Waals surface area contributed by atoms with Crippen molar-refractivity contribution < 1.29 is 14.3 Å². The van der Waals surface area contributed by atoms with Crippen molar-refractivity contribution in [1.29, 1.82) is 0 Å². The number of urea groups is 1. The number of ether oxygens (including phenoxy) is 1. The third kappa shape index (κ3) is 5.56. The number of carbonyl (C=O) groups is 2. The molecule has 0 unspecified atom stereocenters. The smallest absolute Gasteiger partial charge is 0.409 e. The van der Waals surface area contributed by atoms with E-state index in [2.05, 4.69) is 15.2 Å². The summed E-state index contributed by atoms with van der Waals surface area (Å²) >= 11 is 0. The third-order valence-corrected chi connectivity index (χ3v) is 5.16. The molecule has 148 valence electrons. The van der Waals surface area contributed by atoms with Crippen LogP contribution in [-0.4, -0.2) is 83.7 Å². The molecule has 0 bridgehead atoms. The first-order chi connectivity index (χ1) is 13.2. The zero-order chi connectivity index (χ0) is 19.1. The second-order valence-corrected chi connectivity index (χ2v) is 7.03. The van der Waals surface area contributed by atoms with Crippen molar-refractivity contribution in [3.63, 3.8) is 0 Å². The van der Waals surface area contributed by atoms with E-state index >= 15 is 0 Å². The molecule has 8 heteroatoms. The van der Waals surface area contributed by atoms with Gasteiger partial charge in [0.1, 0.15) is 0 Å². The summed E-state index contributed by atoms with van der Waals surface area (Å²) in [6.45, 7) is 7.56. The Bertz CT molecular complexity index is 611. The van der Waals surface area contributed by atoms with Gasteiger partial charge in [-0.05, 0) is 37.5 Å². The van der Waals surface area contributed by atoms with Gasteiger partial charge in [-0.3, -0.25) is 9.88 Å². The Balaban J connectivity index is 1.37. The van der Waals surface area contributed by atoms with E-state index in [9.17, 15) is 9.59 Å². The van der Waals surface area contributed by atoms with Gasteiger partial charge in [-0.1, -0.05) is 0 Å². The van der Waals surface area contributed by atoms with E-state index in [4.69, 9.17) is 4.74 Å². The van der Waals surface area contributed by atoms with Crippen LogP contribution in [0.1, 0.15) is 25.3 Å². The molecule has 0 radical (unpaired) electrons. The minimum Gasteiger partial charge on any atom is -0.450 e. The molecule has 2 aliphatic heterocycles. The Morgan fingerprint density at radius 1 is 1.07 bits per heavy atom. The minimum absolute atomic E-state index is 0.00754. The van der Waals surface area contributed by atoms with Crippen molar-refractivity contribution in [3.8, 4) is 0 Å². The fourth-order valence-corrected chi connectivity index (χ4v) is 3.54. The van der Waals surface area contributed by atoms with E-state index in [1.54, 1.807) is 4.90 Å². The summed E-state index contributed by atoms with van der Waals surface area (Å²) in [6.07, 6.45) is 4.91. The van der Waals surface area contributed by atoms with Gasteiger partial charge in [0.25, 0.3) is 0 Å². The predicted octanol–water partition coefficient (Wildman–Crippen LogP) is 1.53. The first kappa shape index (κ1) is 19.4. The highest BCUT2D eigenvalue weighted by atomic mass is 16.6. The number of nitrogens with zero attached hydrogens (tertiary/aromatic N) is 4. The maximum atomic E-state index is 12.5. The zero-order valence-electron chi connectivity index (χ0n) is 16.0. The summed E-state index contributed by atoms with van der Waals surface area (Å²) in [5.74, 6) is 0. The van der Waals surface area contributed by atoms with Crippen molar-refractivity contribution in [2.75, 3.05) is 45.9 Å². The van der Waals surface area contributed by atoms with Crippen LogP contribution in [0.25, 0.3) is 0 Å². The molecule has 1 aromatic heterocycles. The molecule has 2 saturated heterocycles. The van der Waals surface area contributed by atoms with Crippen molar-refractivity contribution in [2.24, 2.45) is 0 Å². The number of hydrogen-bond donors (Lipinski definition) is 1. The zero-order valence-corrected chi connectivity index (χ0v) is 16.0. The standard InChI is InChI=1S/C19H29N5O3/c1-2-27-19(26)24-9-5-17(6-10-24)21-18(25)23-13-11-22(12-14-23)15-16-3-7-20-8-4-16/h3-4,7-8,17H,2,5-6,9-15H2,1H3,(H,21,25). The number of pyridine rings is 1. The molecule has 27 heavy (non-hydrogen) atoms. The molecule has 1 N–H and O–H groups in total. The van der Waals surface area contributed by atoms with Crippen molar-refractivity contribution in [1.82, 2.24) is 25.0 Å². The van der Waals surface area contributed by atoms with Crippen LogP contribution in [0.2, 0.25) is 0 Å². The van der Waals surface area contributed by atoms with Gasteiger partial charge in [0.2, 0.25) is 0 Å². The highest BCUT2D eigenvalue weighted by Crippen LogP contribution is 2.13. The number of hydrogen-bond acceptors (Lipinski definition) is 5. The second-order valence-electron chi connectivity index (χ2n) is 7.03. The first-order valence-corrected chi connectivity index (χ1v) is 9.74. The van der Waals surface area contributed by atoms with E-state index < -0.39 is 0 Å². The molecule has 0 aromatic carbocycles. The third-order valence-electron chi connectivity index (χ3n) is 5.16. The van der Waals surface area contributed by atoms with Gasteiger partial charge in [0.05, 0.1) is 6.61 Å². The van der Waals surface area contributed by atoms with Crippen LogP contribution < -0.4 is 5.32 Å². The normalized spacial score (nSPS) is 19.0. The molecule has 1 aromatic rings. The summed E-state index contributed by atoms with van der Waals surface area (Å²) in [4.78, 5) is 34.3. The van der Waals surface area contributed by atoms with Gasteiger partial charge in [-0.25, -0.2) is 9.59 Å². The number of nitrogens with one attached hydrogen (secondary N) is 1. The number of piperidine rings is 1. The monoisotopic (exact) mass is 375 g/mol. The molecule has 2 aliphatic rings. The van der Waals surface area contributed by atoms with Crippen molar-refractivity contribution in [2.45, 2.75) is 32.4 Å². The molecule has 0 atom stereocenters. The van der Waals surface area contributed by atoms with E-state index in [0.29, 0.717) is 19.7 Å². The summed E-state index contributed by atoms with van der Waals surface area (Å²) in [7, 11) is 0. The molecular formula is C19H29N5O3. The van der Waals surface area contributed by atoms with Gasteiger partial charge in [-0.15, -0.1) is 0 Å². The Hall–Kier alpha value is -2.35. The lowest BCUT2D eigenvalue weighted by Crippen LogP contribution is -2.54. The Kier molecular flexibility index (Phi) is 6.86. The SMILES string of the molecule is CCOC(=O)N1CCC(NC(=O)N2CCN(Cc3ccncc3)CC2)CC1. The highest BCUT2D eigenvalue weighted by molar-refractivity contribution is 5.74. The van der Waals surface area contributed by atoms with E-state index in [1.807, 2.05) is 36.4 Å². The number of carbonyl (C=O) groups excluding carboxylic acids is 2. The average molecular weight is 375 g/mol. The molecule has 0 spiro atoms. The molecule has 3 amide bonds. The molecule has 8 nitrogen and oxygen atoms in total. The number of piperazine rings is 1. The average Bonchev–Trinajstić information content (AvgIpc) is 2.70. The maximum absolute atomic E-state index is 12.5. The molecule has 2 fully saturated rings. The van der Waals surface area contributed by atoms with Crippen molar-refractivity contribution >= 4 is 12.1 Å². The summed E-state index contributed by atoms with van der Waals surface area (Å²) in [6, 6.07) is 4.19. The summed E-state index contributed by atoms with van der Waals surface area (Å²) < 4.78 is 5.03. The quantitative estimate of drug-likeness (QED) is 0.864. The van der Waals surface area contributed by atoms with Crippen molar-refractivity contribution in [3.05, 3.63) is 30.1 Å². The minimum atomic E-state index is -0.257. The van der Waals surface area contributed by atoms with E-state index in [-0.39, 0.29) is 18.2 Å². The Morgan fingerprint density at radius 2 is 1.74 bits per heavy atom. The van der Waals surface area contributed by atoms with Gasteiger partial charge in [-0.2, -0.15) is 0 Å². The molecule has 0 aliphatic carbocycles. The van der Waals surface area contributed by atoms with E-state index in [1.165, 1.54) is 5.56 Å². The number of amides is 3. The molecule has 3 heterocycles. The predicted molar refractivity (Wildman–Crippen MR) is 101 cm³/mol. The Labute approximate surface area is 160 Å². The topological polar surface area (TPSA) is 78.0 Å². The van der Waals surface area contributed by atoms with Crippen LogP contribution in [0.15, 0.2) is 24.5 Å². The fraction of sp³-hybridized carbons (Fsp3) is 0.632. The van der Waals surface area contributed by atoms with Gasteiger partial charge in [0, 0.05) is 64.2 Å².